The maximum absolute atomic E-state index is 11.1. The normalized spacial score (nSPS) is 16.8. The van der Waals surface area contributed by atoms with Gasteiger partial charge in [0.15, 0.2) is 0 Å². The third-order valence-electron chi connectivity index (χ3n) is 3.34. The van der Waals surface area contributed by atoms with Crippen LogP contribution >= 0.6 is 0 Å². The molecule has 0 unspecified atom stereocenters. The van der Waals surface area contributed by atoms with Crippen molar-refractivity contribution in [3.8, 4) is 0 Å². The van der Waals surface area contributed by atoms with Gasteiger partial charge in [-0.1, -0.05) is 6.07 Å². The minimum Gasteiger partial charge on any atom is -0.393 e. The van der Waals surface area contributed by atoms with Gasteiger partial charge in [0.2, 0.25) is 0 Å². The van der Waals surface area contributed by atoms with E-state index in [9.17, 15) is 10.1 Å². The van der Waals surface area contributed by atoms with E-state index in [4.69, 9.17) is 10.5 Å². The summed E-state index contributed by atoms with van der Waals surface area (Å²) < 4.78 is 5.29. The molecule has 98 valence electrons. The number of nitro groups is 1. The highest BCUT2D eigenvalue weighted by molar-refractivity contribution is 5.75. The molecule has 1 aromatic carbocycles. The summed E-state index contributed by atoms with van der Waals surface area (Å²) in [5.41, 5.74) is 6.52. The molecule has 2 N–H and O–H groups in total. The lowest BCUT2D eigenvalue weighted by Crippen LogP contribution is -2.37. The predicted molar refractivity (Wildman–Crippen MR) is 69.8 cm³/mol. The highest BCUT2D eigenvalue weighted by Gasteiger charge is 2.26. The monoisotopic (exact) mass is 251 g/mol. The summed E-state index contributed by atoms with van der Waals surface area (Å²) >= 11 is 0. The van der Waals surface area contributed by atoms with Gasteiger partial charge in [-0.3, -0.25) is 10.1 Å². The van der Waals surface area contributed by atoms with Crippen molar-refractivity contribution in [1.29, 1.82) is 0 Å². The lowest BCUT2D eigenvalue weighted by Gasteiger charge is -2.32. The van der Waals surface area contributed by atoms with Crippen molar-refractivity contribution in [1.82, 2.24) is 0 Å². The molecule has 1 saturated heterocycles. The second kappa shape index (κ2) is 5.22. The Morgan fingerprint density at radius 3 is 2.67 bits per heavy atom. The molecule has 0 radical (unpaired) electrons. The van der Waals surface area contributed by atoms with E-state index in [1.165, 1.54) is 0 Å². The number of nitrogens with two attached hydrogens (primary N) is 1. The fourth-order valence-corrected chi connectivity index (χ4v) is 2.34. The topological polar surface area (TPSA) is 81.6 Å². The van der Waals surface area contributed by atoms with Gasteiger partial charge in [-0.15, -0.1) is 0 Å². The number of para-hydroxylation sites is 1. The second-order valence-electron chi connectivity index (χ2n) is 4.39. The number of hydrogen-bond donors (Lipinski definition) is 1. The van der Waals surface area contributed by atoms with E-state index in [1.807, 2.05) is 4.90 Å². The highest BCUT2D eigenvalue weighted by Crippen LogP contribution is 2.35. The summed E-state index contributed by atoms with van der Waals surface area (Å²) in [6.07, 6.45) is 2.01. The second-order valence-corrected chi connectivity index (χ2v) is 4.39. The van der Waals surface area contributed by atoms with Crippen LogP contribution in [-0.2, 0) is 4.74 Å². The number of benzene rings is 1. The molecule has 1 heterocycles. The highest BCUT2D eigenvalue weighted by atomic mass is 16.6. The van der Waals surface area contributed by atoms with E-state index < -0.39 is 4.92 Å². The quantitative estimate of drug-likeness (QED) is 0.503. The molecule has 1 aliphatic rings. The van der Waals surface area contributed by atoms with Gasteiger partial charge < -0.3 is 15.4 Å². The van der Waals surface area contributed by atoms with E-state index in [0.717, 1.165) is 25.9 Å². The number of rotatable bonds is 3. The molecule has 0 saturated carbocycles. The van der Waals surface area contributed by atoms with E-state index in [-0.39, 0.29) is 17.5 Å². The van der Waals surface area contributed by atoms with Gasteiger partial charge in [0.1, 0.15) is 11.4 Å². The van der Waals surface area contributed by atoms with E-state index in [2.05, 4.69) is 0 Å². The predicted octanol–water partition coefficient (Wildman–Crippen LogP) is 1.79. The van der Waals surface area contributed by atoms with Crippen LogP contribution in [-0.4, -0.2) is 31.2 Å². The molecule has 0 spiro atoms. The summed E-state index contributed by atoms with van der Waals surface area (Å²) in [6.45, 7) is 1.51. The van der Waals surface area contributed by atoms with Crippen LogP contribution in [0.1, 0.15) is 12.8 Å². The summed E-state index contributed by atoms with van der Waals surface area (Å²) in [5, 5.41) is 11.1. The van der Waals surface area contributed by atoms with Crippen molar-refractivity contribution >= 4 is 17.1 Å². The van der Waals surface area contributed by atoms with Crippen LogP contribution in [0.25, 0.3) is 0 Å². The van der Waals surface area contributed by atoms with Crippen molar-refractivity contribution in [3.05, 3.63) is 28.3 Å². The zero-order valence-corrected chi connectivity index (χ0v) is 10.3. The summed E-state index contributed by atoms with van der Waals surface area (Å²) in [6, 6.07) is 5.06. The van der Waals surface area contributed by atoms with E-state index >= 15 is 0 Å². The third kappa shape index (κ3) is 2.38. The molecule has 0 aromatic heterocycles. The van der Waals surface area contributed by atoms with Crippen molar-refractivity contribution in [2.75, 3.05) is 30.8 Å². The average molecular weight is 251 g/mol. The van der Waals surface area contributed by atoms with Crippen LogP contribution in [0.3, 0.4) is 0 Å². The number of nitrogens with zero attached hydrogens (tertiary/aromatic N) is 2. The first-order chi connectivity index (χ1) is 8.63. The van der Waals surface area contributed by atoms with Gasteiger partial charge >= 0.3 is 5.69 Å². The first-order valence-corrected chi connectivity index (χ1v) is 5.94. The minimum atomic E-state index is -0.410. The Labute approximate surface area is 105 Å². The maximum Gasteiger partial charge on any atom is 0.315 e. The molecule has 0 aliphatic carbocycles. The number of nitrogen functional groups attached to an aromatic ring is 1. The molecular formula is C12H17N3O3. The Morgan fingerprint density at radius 1 is 1.44 bits per heavy atom. The largest absolute Gasteiger partial charge is 0.393 e. The number of hydrogen-bond acceptors (Lipinski definition) is 5. The summed E-state index contributed by atoms with van der Waals surface area (Å²) in [7, 11) is 1.70. The fourth-order valence-electron chi connectivity index (χ4n) is 2.34. The molecule has 1 aliphatic heterocycles. The van der Waals surface area contributed by atoms with Crippen LogP contribution in [0.4, 0.5) is 17.1 Å². The summed E-state index contributed by atoms with van der Waals surface area (Å²) in [5.74, 6) is 0. The lowest BCUT2D eigenvalue weighted by atomic mass is 10.1. The molecule has 6 heteroatoms. The van der Waals surface area contributed by atoms with E-state index in [0.29, 0.717) is 5.69 Å². The smallest absolute Gasteiger partial charge is 0.315 e. The van der Waals surface area contributed by atoms with Crippen molar-refractivity contribution in [3.63, 3.8) is 0 Å². The number of anilines is 2. The molecule has 6 nitrogen and oxygen atoms in total. The first-order valence-electron chi connectivity index (χ1n) is 5.94. The number of piperidine rings is 1. The molecule has 1 aromatic rings. The van der Waals surface area contributed by atoms with Gasteiger partial charge in [-0.05, 0) is 25.0 Å². The van der Waals surface area contributed by atoms with Gasteiger partial charge in [-0.25, -0.2) is 0 Å². The zero-order valence-electron chi connectivity index (χ0n) is 10.3. The number of methoxy groups -OCH3 is 1. The third-order valence-corrected chi connectivity index (χ3v) is 3.34. The molecule has 0 bridgehead atoms. The Kier molecular flexibility index (Phi) is 3.66. The van der Waals surface area contributed by atoms with Crippen LogP contribution in [0, 0.1) is 10.1 Å². The van der Waals surface area contributed by atoms with Crippen molar-refractivity contribution in [2.24, 2.45) is 0 Å². The molecule has 18 heavy (non-hydrogen) atoms. The standard InChI is InChI=1S/C12H17N3O3/c1-18-9-5-7-14(8-6-9)11-4-2-3-10(13)12(11)15(16)17/h2-4,9H,5-8,13H2,1H3. The molecule has 2 rings (SSSR count). The lowest BCUT2D eigenvalue weighted by molar-refractivity contribution is -0.383. The molecule has 1 fully saturated rings. The average Bonchev–Trinajstić information content (AvgIpc) is 2.38. The summed E-state index contributed by atoms with van der Waals surface area (Å²) in [4.78, 5) is 12.7. The SMILES string of the molecule is COC1CCN(c2cccc(N)c2[N+](=O)[O-])CC1. The molecule has 0 atom stereocenters. The molecular weight excluding hydrogens is 234 g/mol. The molecule has 0 amide bonds. The van der Waals surface area contributed by atoms with Crippen LogP contribution in [0.5, 0.6) is 0 Å². The number of nitro benzene ring substituents is 1. The first kappa shape index (κ1) is 12.6. The Bertz CT molecular complexity index is 442. The maximum atomic E-state index is 11.1. The minimum absolute atomic E-state index is 0.00775. The van der Waals surface area contributed by atoms with Gasteiger partial charge in [0.25, 0.3) is 0 Å². The van der Waals surface area contributed by atoms with Gasteiger partial charge in [-0.2, -0.15) is 0 Å². The Hall–Kier alpha value is -1.82. The van der Waals surface area contributed by atoms with Crippen LogP contribution in [0.15, 0.2) is 18.2 Å². The van der Waals surface area contributed by atoms with Crippen LogP contribution in [0.2, 0.25) is 0 Å². The van der Waals surface area contributed by atoms with E-state index in [1.54, 1.807) is 25.3 Å². The Morgan fingerprint density at radius 2 is 2.11 bits per heavy atom. The number of ether oxygens (including phenoxy) is 1. The van der Waals surface area contributed by atoms with Gasteiger partial charge in [0.05, 0.1) is 11.0 Å². The van der Waals surface area contributed by atoms with Crippen molar-refractivity contribution in [2.45, 2.75) is 18.9 Å². The van der Waals surface area contributed by atoms with Gasteiger partial charge in [0, 0.05) is 20.2 Å². The fraction of sp³-hybridized carbons (Fsp3) is 0.500. The Balaban J connectivity index is 2.24. The van der Waals surface area contributed by atoms with Crippen LogP contribution < -0.4 is 10.6 Å². The zero-order chi connectivity index (χ0) is 13.1. The van der Waals surface area contributed by atoms with Crippen molar-refractivity contribution < 1.29 is 9.66 Å².